The molecule has 1 saturated heterocycles. The summed E-state index contributed by atoms with van der Waals surface area (Å²) < 4.78 is 27.1. The Morgan fingerprint density at radius 3 is 2.48 bits per heavy atom. The number of nitrogens with zero attached hydrogens (tertiary/aromatic N) is 2. The van der Waals surface area contributed by atoms with Gasteiger partial charge in [0.2, 0.25) is 15.9 Å². The van der Waals surface area contributed by atoms with Crippen molar-refractivity contribution < 1.29 is 13.2 Å². The molecule has 2 aliphatic rings. The van der Waals surface area contributed by atoms with E-state index in [1.165, 1.54) is 10.7 Å². The van der Waals surface area contributed by atoms with Crippen LogP contribution in [0.3, 0.4) is 0 Å². The van der Waals surface area contributed by atoms with Gasteiger partial charge in [0.15, 0.2) is 0 Å². The quantitative estimate of drug-likeness (QED) is 0.857. The lowest BCUT2D eigenvalue weighted by molar-refractivity contribution is -0.127. The monoisotopic (exact) mass is 389 g/mol. The van der Waals surface area contributed by atoms with Crippen molar-refractivity contribution in [2.45, 2.75) is 62.3 Å². The smallest absolute Gasteiger partial charge is 0.243 e. The van der Waals surface area contributed by atoms with Crippen molar-refractivity contribution >= 4 is 15.9 Å². The summed E-state index contributed by atoms with van der Waals surface area (Å²) >= 11 is 0. The molecule has 0 bridgehead atoms. The molecule has 1 N–H and O–H groups in total. The molecule has 0 unspecified atom stereocenters. The number of amides is 1. The van der Waals surface area contributed by atoms with E-state index in [2.05, 4.69) is 11.4 Å². The van der Waals surface area contributed by atoms with Crippen LogP contribution in [0.4, 0.5) is 0 Å². The number of benzene rings is 1. The van der Waals surface area contributed by atoms with Gasteiger partial charge >= 0.3 is 0 Å². The molecule has 1 aromatic rings. The fraction of sp³-hybridized carbons (Fsp3) is 0.600. The van der Waals surface area contributed by atoms with Gasteiger partial charge in [-0.15, -0.1) is 0 Å². The van der Waals surface area contributed by atoms with Gasteiger partial charge in [-0.3, -0.25) is 4.79 Å². The maximum absolute atomic E-state index is 12.9. The van der Waals surface area contributed by atoms with Gasteiger partial charge in [-0.2, -0.15) is 9.57 Å². The van der Waals surface area contributed by atoms with Crippen LogP contribution in [0.1, 0.15) is 50.5 Å². The van der Waals surface area contributed by atoms with Crippen molar-refractivity contribution in [2.24, 2.45) is 5.92 Å². The first-order chi connectivity index (χ1) is 12.9. The van der Waals surface area contributed by atoms with Crippen LogP contribution in [-0.2, 0) is 14.8 Å². The van der Waals surface area contributed by atoms with E-state index in [9.17, 15) is 18.5 Å². The van der Waals surface area contributed by atoms with Crippen LogP contribution in [0.25, 0.3) is 0 Å². The molecule has 1 aliphatic heterocycles. The van der Waals surface area contributed by atoms with Crippen LogP contribution in [0.5, 0.6) is 0 Å². The molecule has 1 heterocycles. The van der Waals surface area contributed by atoms with Crippen LogP contribution in [0.2, 0.25) is 0 Å². The third kappa shape index (κ3) is 4.33. The Morgan fingerprint density at radius 1 is 1.22 bits per heavy atom. The zero-order valence-corrected chi connectivity index (χ0v) is 16.6. The van der Waals surface area contributed by atoms with Gasteiger partial charge < -0.3 is 5.32 Å². The molecule has 0 radical (unpaired) electrons. The number of carbonyl (C=O) groups is 1. The van der Waals surface area contributed by atoms with Crippen LogP contribution < -0.4 is 5.32 Å². The molecule has 1 aliphatic carbocycles. The van der Waals surface area contributed by atoms with Gasteiger partial charge in [-0.25, -0.2) is 8.42 Å². The highest BCUT2D eigenvalue weighted by atomic mass is 32.2. The Kier molecular flexibility index (Phi) is 5.87. The van der Waals surface area contributed by atoms with Gasteiger partial charge in [0.25, 0.3) is 0 Å². The molecule has 1 saturated carbocycles. The van der Waals surface area contributed by atoms with E-state index in [1.54, 1.807) is 18.2 Å². The normalized spacial score (nSPS) is 21.3. The first-order valence-corrected chi connectivity index (χ1v) is 11.1. The number of nitrogens with one attached hydrogen (secondary N) is 1. The van der Waals surface area contributed by atoms with E-state index in [1.807, 2.05) is 13.0 Å². The molecule has 1 amide bonds. The summed E-state index contributed by atoms with van der Waals surface area (Å²) in [6.07, 6.45) is 5.65. The van der Waals surface area contributed by atoms with E-state index < -0.39 is 15.6 Å². The average Bonchev–Trinajstić information content (AvgIpc) is 2.69. The second kappa shape index (κ2) is 7.99. The number of sulfonamides is 1. The molecular formula is C20H27N3O3S. The van der Waals surface area contributed by atoms with E-state index >= 15 is 0 Å². The van der Waals surface area contributed by atoms with E-state index in [4.69, 9.17) is 0 Å². The summed E-state index contributed by atoms with van der Waals surface area (Å²) in [6.45, 7) is 2.32. The number of nitriles is 1. The summed E-state index contributed by atoms with van der Waals surface area (Å²) in [5.41, 5.74) is -0.0770. The van der Waals surface area contributed by atoms with Crippen molar-refractivity contribution in [3.05, 3.63) is 29.8 Å². The number of carbonyl (C=O) groups excluding carboxylic acids is 1. The summed E-state index contributed by atoms with van der Waals surface area (Å²) in [5, 5.41) is 12.6. The SMILES string of the molecule is Cc1cccc(S(=O)(=O)N2CCC(C#N)(NC(=O)C3CCCCC3)CC2)c1. The Labute approximate surface area is 161 Å². The van der Waals surface area contributed by atoms with Crippen LogP contribution >= 0.6 is 0 Å². The Balaban J connectivity index is 1.67. The lowest BCUT2D eigenvalue weighted by Gasteiger charge is -2.38. The minimum atomic E-state index is -3.58. The fourth-order valence-electron chi connectivity index (χ4n) is 4.00. The lowest BCUT2D eigenvalue weighted by Crippen LogP contribution is -2.56. The minimum absolute atomic E-state index is 0.0157. The number of hydrogen-bond acceptors (Lipinski definition) is 4. The Bertz CT molecular complexity index is 830. The van der Waals surface area contributed by atoms with E-state index in [0.717, 1.165) is 31.2 Å². The van der Waals surface area contributed by atoms with Crippen molar-refractivity contribution in [3.8, 4) is 6.07 Å². The molecule has 1 aromatic carbocycles. The van der Waals surface area contributed by atoms with Gasteiger partial charge in [0, 0.05) is 19.0 Å². The average molecular weight is 390 g/mol. The van der Waals surface area contributed by atoms with Gasteiger partial charge in [-0.05, 0) is 50.3 Å². The maximum Gasteiger partial charge on any atom is 0.243 e. The number of piperidine rings is 1. The zero-order chi connectivity index (χ0) is 19.5. The molecule has 0 atom stereocenters. The number of aryl methyl sites for hydroxylation is 1. The van der Waals surface area contributed by atoms with Gasteiger partial charge in [-0.1, -0.05) is 31.4 Å². The van der Waals surface area contributed by atoms with Gasteiger partial charge in [0.05, 0.1) is 11.0 Å². The molecule has 7 heteroatoms. The highest BCUT2D eigenvalue weighted by molar-refractivity contribution is 7.89. The van der Waals surface area contributed by atoms with Crippen molar-refractivity contribution in [1.29, 1.82) is 5.26 Å². The molecule has 2 fully saturated rings. The van der Waals surface area contributed by atoms with E-state index in [0.29, 0.717) is 12.8 Å². The third-order valence-electron chi connectivity index (χ3n) is 5.76. The molecule has 0 spiro atoms. The first-order valence-electron chi connectivity index (χ1n) is 9.66. The third-order valence-corrected chi connectivity index (χ3v) is 7.65. The van der Waals surface area contributed by atoms with Crippen LogP contribution in [0, 0.1) is 24.2 Å². The van der Waals surface area contributed by atoms with Crippen LogP contribution in [-0.4, -0.2) is 37.3 Å². The first kappa shape index (κ1) is 19.8. The second-order valence-electron chi connectivity index (χ2n) is 7.74. The Morgan fingerprint density at radius 2 is 1.89 bits per heavy atom. The largest absolute Gasteiger partial charge is 0.337 e. The fourth-order valence-corrected chi connectivity index (χ4v) is 5.55. The maximum atomic E-state index is 12.9. The van der Waals surface area contributed by atoms with Crippen molar-refractivity contribution in [2.75, 3.05) is 13.1 Å². The van der Waals surface area contributed by atoms with Crippen LogP contribution in [0.15, 0.2) is 29.2 Å². The number of hydrogen-bond donors (Lipinski definition) is 1. The topological polar surface area (TPSA) is 90.3 Å². The van der Waals surface area contributed by atoms with Crippen molar-refractivity contribution in [1.82, 2.24) is 9.62 Å². The zero-order valence-electron chi connectivity index (χ0n) is 15.8. The minimum Gasteiger partial charge on any atom is -0.337 e. The standard InChI is InChI=1S/C20H27N3O3S/c1-16-6-5-9-18(14-16)27(25,26)23-12-10-20(15-21,11-13-23)22-19(24)17-7-3-2-4-8-17/h5-6,9,14,17H,2-4,7-8,10-13H2,1H3,(H,22,24). The summed E-state index contributed by atoms with van der Waals surface area (Å²) in [7, 11) is -3.58. The van der Waals surface area contributed by atoms with E-state index in [-0.39, 0.29) is 29.8 Å². The Hall–Kier alpha value is -1.91. The van der Waals surface area contributed by atoms with Crippen molar-refractivity contribution in [3.63, 3.8) is 0 Å². The molecule has 27 heavy (non-hydrogen) atoms. The summed E-state index contributed by atoms with van der Waals surface area (Å²) in [6, 6.07) is 9.10. The highest BCUT2D eigenvalue weighted by Crippen LogP contribution is 2.29. The predicted molar refractivity (Wildman–Crippen MR) is 102 cm³/mol. The number of rotatable bonds is 4. The lowest BCUT2D eigenvalue weighted by atomic mass is 9.85. The molecule has 0 aromatic heterocycles. The second-order valence-corrected chi connectivity index (χ2v) is 9.68. The summed E-state index contributed by atoms with van der Waals surface area (Å²) in [4.78, 5) is 12.8. The predicted octanol–water partition coefficient (Wildman–Crippen LogP) is 2.74. The van der Waals surface area contributed by atoms with Gasteiger partial charge in [0.1, 0.15) is 5.54 Å². The molecule has 146 valence electrons. The molecule has 6 nitrogen and oxygen atoms in total. The molecule has 3 rings (SSSR count). The molecular weight excluding hydrogens is 362 g/mol. The summed E-state index contributed by atoms with van der Waals surface area (Å²) in [5.74, 6) is -0.0655. The highest BCUT2D eigenvalue weighted by Gasteiger charge is 2.41.